The van der Waals surface area contributed by atoms with Gasteiger partial charge in [0.15, 0.2) is 0 Å². The molecule has 110 valence electrons. The molecule has 3 aromatic rings. The van der Waals surface area contributed by atoms with Crippen molar-refractivity contribution in [1.29, 1.82) is 0 Å². The monoisotopic (exact) mass is 290 g/mol. The molecule has 0 bridgehead atoms. The number of hydrogen-bond acceptors (Lipinski definition) is 3. The minimum atomic E-state index is -0.979. The fourth-order valence-corrected chi connectivity index (χ4v) is 3.46. The van der Waals surface area contributed by atoms with Crippen LogP contribution in [-0.2, 0) is 12.1 Å². The van der Waals surface area contributed by atoms with E-state index in [0.29, 0.717) is 6.54 Å². The Bertz CT molecular complexity index is 845. The molecule has 2 heterocycles. The van der Waals surface area contributed by atoms with E-state index in [1.165, 1.54) is 5.56 Å². The first-order valence-electron chi connectivity index (χ1n) is 7.51. The summed E-state index contributed by atoms with van der Waals surface area (Å²) < 4.78 is 0. The first-order chi connectivity index (χ1) is 10.7. The minimum Gasteiger partial charge on any atom is -0.379 e. The Morgan fingerprint density at radius 2 is 1.95 bits per heavy atom. The summed E-state index contributed by atoms with van der Waals surface area (Å²) in [6, 6.07) is 18.2. The van der Waals surface area contributed by atoms with Crippen LogP contribution >= 0.6 is 0 Å². The third kappa shape index (κ3) is 2.02. The van der Waals surface area contributed by atoms with Crippen LogP contribution in [0.1, 0.15) is 16.7 Å². The summed E-state index contributed by atoms with van der Waals surface area (Å²) in [6.45, 7) is 1.46. The largest absolute Gasteiger partial charge is 0.379 e. The van der Waals surface area contributed by atoms with Crippen LogP contribution in [0.2, 0.25) is 0 Å². The molecule has 3 nitrogen and oxygen atoms in total. The number of rotatable bonds is 1. The molecule has 0 amide bonds. The van der Waals surface area contributed by atoms with Crippen molar-refractivity contribution in [2.24, 2.45) is 0 Å². The van der Waals surface area contributed by atoms with Crippen LogP contribution in [-0.4, -0.2) is 28.6 Å². The number of nitrogens with zero attached hydrogens (tertiary/aromatic N) is 2. The van der Waals surface area contributed by atoms with Crippen molar-refractivity contribution in [2.75, 3.05) is 13.6 Å². The molecule has 1 unspecified atom stereocenters. The molecule has 22 heavy (non-hydrogen) atoms. The molecular weight excluding hydrogens is 272 g/mol. The van der Waals surface area contributed by atoms with Gasteiger partial charge in [0.25, 0.3) is 0 Å². The van der Waals surface area contributed by atoms with Crippen LogP contribution in [0, 0.1) is 0 Å². The van der Waals surface area contributed by atoms with E-state index in [9.17, 15) is 5.11 Å². The number of fused-ring (bicyclic) bond motifs is 2. The molecule has 0 spiro atoms. The van der Waals surface area contributed by atoms with Gasteiger partial charge in [-0.15, -0.1) is 0 Å². The van der Waals surface area contributed by atoms with E-state index in [-0.39, 0.29) is 0 Å². The fourth-order valence-electron chi connectivity index (χ4n) is 3.46. The van der Waals surface area contributed by atoms with Gasteiger partial charge in [-0.25, -0.2) is 0 Å². The lowest BCUT2D eigenvalue weighted by Gasteiger charge is -2.39. The summed E-state index contributed by atoms with van der Waals surface area (Å²) >= 11 is 0. The lowest BCUT2D eigenvalue weighted by molar-refractivity contribution is 0.0284. The van der Waals surface area contributed by atoms with Gasteiger partial charge in [0.2, 0.25) is 0 Å². The molecular formula is C19H18N2O. The summed E-state index contributed by atoms with van der Waals surface area (Å²) in [7, 11) is 2.05. The van der Waals surface area contributed by atoms with Crippen molar-refractivity contribution in [3.8, 4) is 0 Å². The maximum Gasteiger partial charge on any atom is 0.128 e. The Morgan fingerprint density at radius 1 is 1.09 bits per heavy atom. The zero-order valence-corrected chi connectivity index (χ0v) is 12.5. The van der Waals surface area contributed by atoms with Crippen molar-refractivity contribution in [3.63, 3.8) is 0 Å². The lowest BCUT2D eigenvalue weighted by atomic mass is 9.80. The van der Waals surface area contributed by atoms with Crippen LogP contribution in [0.3, 0.4) is 0 Å². The lowest BCUT2D eigenvalue weighted by Crippen LogP contribution is -2.44. The van der Waals surface area contributed by atoms with Crippen molar-refractivity contribution in [3.05, 3.63) is 77.5 Å². The second-order valence-electron chi connectivity index (χ2n) is 6.10. The molecule has 0 radical (unpaired) electrons. The highest BCUT2D eigenvalue weighted by Crippen LogP contribution is 2.37. The standard InChI is InChI=1S/C19H18N2O/c1-21-12-15-5-2-3-7-17(15)19(22,13-21)16-8-9-18-14(11-16)6-4-10-20-18/h2-11,22H,12-13H2,1H3. The second kappa shape index (κ2) is 4.90. The third-order valence-electron chi connectivity index (χ3n) is 4.48. The molecule has 2 aromatic carbocycles. The first-order valence-corrected chi connectivity index (χ1v) is 7.51. The van der Waals surface area contributed by atoms with E-state index in [4.69, 9.17) is 0 Å². The maximum absolute atomic E-state index is 11.5. The average molecular weight is 290 g/mol. The Morgan fingerprint density at radius 3 is 2.86 bits per heavy atom. The predicted octanol–water partition coefficient (Wildman–Crippen LogP) is 2.92. The minimum absolute atomic E-state index is 0.593. The van der Waals surface area contributed by atoms with Gasteiger partial charge < -0.3 is 5.11 Å². The fraction of sp³-hybridized carbons (Fsp3) is 0.211. The number of pyridine rings is 1. The van der Waals surface area contributed by atoms with E-state index in [1.807, 2.05) is 49.5 Å². The number of aromatic nitrogens is 1. The summed E-state index contributed by atoms with van der Waals surface area (Å²) in [6.07, 6.45) is 1.79. The number of likely N-dealkylation sites (N-methyl/N-ethyl adjacent to an activating group) is 1. The second-order valence-corrected chi connectivity index (χ2v) is 6.10. The molecule has 4 rings (SSSR count). The van der Waals surface area contributed by atoms with Crippen LogP contribution < -0.4 is 0 Å². The van der Waals surface area contributed by atoms with Gasteiger partial charge in [-0.05, 0) is 41.9 Å². The van der Waals surface area contributed by atoms with Gasteiger partial charge in [-0.1, -0.05) is 36.4 Å². The SMILES string of the molecule is CN1Cc2ccccc2C(O)(c2ccc3ncccc3c2)C1. The van der Waals surface area contributed by atoms with Crippen LogP contribution in [0.5, 0.6) is 0 Å². The zero-order valence-electron chi connectivity index (χ0n) is 12.5. The topological polar surface area (TPSA) is 36.4 Å². The molecule has 1 aliphatic rings. The first kappa shape index (κ1) is 13.4. The summed E-state index contributed by atoms with van der Waals surface area (Å²) in [4.78, 5) is 6.52. The van der Waals surface area contributed by atoms with E-state index in [0.717, 1.165) is 28.6 Å². The van der Waals surface area contributed by atoms with Crippen molar-refractivity contribution >= 4 is 10.9 Å². The Kier molecular flexibility index (Phi) is 2.99. The van der Waals surface area contributed by atoms with Crippen molar-refractivity contribution < 1.29 is 5.11 Å². The molecule has 3 heteroatoms. The Hall–Kier alpha value is -2.23. The Balaban J connectivity index is 1.92. The van der Waals surface area contributed by atoms with Gasteiger partial charge in [-0.3, -0.25) is 9.88 Å². The number of benzene rings is 2. The van der Waals surface area contributed by atoms with Gasteiger partial charge >= 0.3 is 0 Å². The van der Waals surface area contributed by atoms with Crippen LogP contribution in [0.15, 0.2) is 60.8 Å². The molecule has 1 N–H and O–H groups in total. The average Bonchev–Trinajstić information content (AvgIpc) is 2.54. The summed E-state index contributed by atoms with van der Waals surface area (Å²) in [5, 5.41) is 12.5. The number of hydrogen-bond donors (Lipinski definition) is 1. The molecule has 1 atom stereocenters. The smallest absolute Gasteiger partial charge is 0.128 e. The van der Waals surface area contributed by atoms with Crippen molar-refractivity contribution in [2.45, 2.75) is 12.1 Å². The molecule has 0 saturated carbocycles. The molecule has 0 aliphatic carbocycles. The number of aliphatic hydroxyl groups is 1. The summed E-state index contributed by atoms with van der Waals surface area (Å²) in [5.41, 5.74) is 3.09. The summed E-state index contributed by atoms with van der Waals surface area (Å²) in [5.74, 6) is 0. The van der Waals surface area contributed by atoms with Gasteiger partial charge in [0.1, 0.15) is 5.60 Å². The molecule has 1 aromatic heterocycles. The van der Waals surface area contributed by atoms with E-state index in [1.54, 1.807) is 6.20 Å². The zero-order chi connectivity index (χ0) is 15.2. The Labute approximate surface area is 129 Å². The van der Waals surface area contributed by atoms with Gasteiger partial charge in [-0.2, -0.15) is 0 Å². The highest BCUT2D eigenvalue weighted by atomic mass is 16.3. The van der Waals surface area contributed by atoms with Crippen LogP contribution in [0.25, 0.3) is 10.9 Å². The van der Waals surface area contributed by atoms with Gasteiger partial charge in [0.05, 0.1) is 5.52 Å². The van der Waals surface area contributed by atoms with E-state index in [2.05, 4.69) is 22.0 Å². The maximum atomic E-state index is 11.5. The third-order valence-corrected chi connectivity index (χ3v) is 4.48. The highest BCUT2D eigenvalue weighted by molar-refractivity contribution is 5.79. The molecule has 0 saturated heterocycles. The normalized spacial score (nSPS) is 21.7. The van der Waals surface area contributed by atoms with Gasteiger partial charge in [0, 0.05) is 24.7 Å². The van der Waals surface area contributed by atoms with Crippen LogP contribution in [0.4, 0.5) is 0 Å². The van der Waals surface area contributed by atoms with Crippen molar-refractivity contribution in [1.82, 2.24) is 9.88 Å². The van der Waals surface area contributed by atoms with E-state index >= 15 is 0 Å². The number of β-amino-alcohol motifs (C(OH)–C–C–N with tert-alkyl or cyclic N) is 1. The molecule has 1 aliphatic heterocycles. The predicted molar refractivity (Wildman–Crippen MR) is 87.5 cm³/mol. The highest BCUT2D eigenvalue weighted by Gasteiger charge is 2.38. The molecule has 0 fully saturated rings. The van der Waals surface area contributed by atoms with E-state index < -0.39 is 5.60 Å². The quantitative estimate of drug-likeness (QED) is 0.748.